The number of nitrogens with one attached hydrogen (secondary N) is 1. The van der Waals surface area contributed by atoms with Gasteiger partial charge in [-0.05, 0) is 46.6 Å². The van der Waals surface area contributed by atoms with E-state index in [9.17, 15) is 8.42 Å². The highest BCUT2D eigenvalue weighted by molar-refractivity contribution is 9.10. The number of nitrogens with zero attached hydrogens (tertiary/aromatic N) is 2. The van der Waals surface area contributed by atoms with Gasteiger partial charge in [-0.25, -0.2) is 17.7 Å². The summed E-state index contributed by atoms with van der Waals surface area (Å²) in [4.78, 5) is 4.18. The van der Waals surface area contributed by atoms with Crippen LogP contribution in [0.5, 0.6) is 0 Å². The molecule has 2 aromatic rings. The minimum Gasteiger partial charge on any atom is -0.446 e. The standard InChI is InChI=1S/C13H16BrN3O3S/c1-9-6-10(7-16-13(9)14)15-8-11-4-5-12(20-11)21(18,19)17(2)3/h4-7,15H,8H2,1-3H3. The number of aromatic nitrogens is 1. The molecule has 0 spiro atoms. The summed E-state index contributed by atoms with van der Waals surface area (Å²) in [6.45, 7) is 2.32. The molecule has 8 heteroatoms. The molecule has 2 aromatic heterocycles. The summed E-state index contributed by atoms with van der Waals surface area (Å²) in [5.74, 6) is 0.538. The van der Waals surface area contributed by atoms with Crippen molar-refractivity contribution < 1.29 is 12.8 Å². The molecule has 0 atom stereocenters. The van der Waals surface area contributed by atoms with Gasteiger partial charge in [0.2, 0.25) is 5.09 Å². The molecule has 0 aliphatic rings. The number of hydrogen-bond acceptors (Lipinski definition) is 5. The summed E-state index contributed by atoms with van der Waals surface area (Å²) in [7, 11) is -0.602. The van der Waals surface area contributed by atoms with Crippen LogP contribution >= 0.6 is 15.9 Å². The van der Waals surface area contributed by atoms with E-state index in [-0.39, 0.29) is 5.09 Å². The predicted octanol–water partition coefficient (Wildman–Crippen LogP) is 2.61. The molecule has 114 valence electrons. The molecule has 21 heavy (non-hydrogen) atoms. The summed E-state index contributed by atoms with van der Waals surface area (Å²) in [5.41, 5.74) is 1.85. The molecule has 0 aliphatic carbocycles. The molecule has 2 rings (SSSR count). The minimum absolute atomic E-state index is 0.0607. The summed E-state index contributed by atoms with van der Waals surface area (Å²) in [6.07, 6.45) is 1.69. The molecule has 0 saturated carbocycles. The van der Waals surface area contributed by atoms with Gasteiger partial charge in [0.15, 0.2) is 0 Å². The molecule has 6 nitrogen and oxygen atoms in total. The zero-order valence-corrected chi connectivity index (χ0v) is 14.3. The number of pyridine rings is 1. The van der Waals surface area contributed by atoms with E-state index in [0.29, 0.717) is 12.3 Å². The molecular formula is C13H16BrN3O3S. The van der Waals surface area contributed by atoms with Crippen molar-refractivity contribution in [1.29, 1.82) is 0 Å². The zero-order chi connectivity index (χ0) is 15.6. The Hall–Kier alpha value is -1.38. The predicted molar refractivity (Wildman–Crippen MR) is 83.6 cm³/mol. The molecule has 0 fully saturated rings. The van der Waals surface area contributed by atoms with Gasteiger partial charge in [-0.2, -0.15) is 0 Å². The highest BCUT2D eigenvalue weighted by atomic mass is 79.9. The number of halogens is 1. The number of furan rings is 1. The average Bonchev–Trinajstić information content (AvgIpc) is 2.89. The highest BCUT2D eigenvalue weighted by Crippen LogP contribution is 2.20. The van der Waals surface area contributed by atoms with E-state index in [1.165, 1.54) is 20.2 Å². The van der Waals surface area contributed by atoms with Gasteiger partial charge in [0.1, 0.15) is 10.4 Å². The summed E-state index contributed by atoms with van der Waals surface area (Å²) < 4.78 is 31.1. The van der Waals surface area contributed by atoms with Crippen LogP contribution in [0.1, 0.15) is 11.3 Å². The number of aryl methyl sites for hydroxylation is 1. The van der Waals surface area contributed by atoms with Crippen LogP contribution in [0.15, 0.2) is 38.5 Å². The van der Waals surface area contributed by atoms with Crippen molar-refractivity contribution in [2.75, 3.05) is 19.4 Å². The smallest absolute Gasteiger partial charge is 0.275 e. The number of anilines is 1. The Kier molecular flexibility index (Phi) is 4.70. The lowest BCUT2D eigenvalue weighted by atomic mass is 10.3. The number of sulfonamides is 1. The second-order valence-corrected chi connectivity index (χ2v) is 7.53. The molecule has 0 aliphatic heterocycles. The fourth-order valence-electron chi connectivity index (χ4n) is 1.62. The second kappa shape index (κ2) is 6.17. The Morgan fingerprint density at radius 2 is 2.10 bits per heavy atom. The minimum atomic E-state index is -3.53. The quantitative estimate of drug-likeness (QED) is 0.815. The van der Waals surface area contributed by atoms with Gasteiger partial charge >= 0.3 is 0 Å². The molecule has 0 unspecified atom stereocenters. The molecule has 0 saturated heterocycles. The molecule has 0 amide bonds. The zero-order valence-electron chi connectivity index (χ0n) is 11.9. The van der Waals surface area contributed by atoms with Gasteiger partial charge in [0, 0.05) is 14.1 Å². The molecule has 0 bridgehead atoms. The van der Waals surface area contributed by atoms with Crippen LogP contribution in [0.2, 0.25) is 0 Å². The molecule has 0 radical (unpaired) electrons. The van der Waals surface area contributed by atoms with E-state index >= 15 is 0 Å². The summed E-state index contributed by atoms with van der Waals surface area (Å²) in [5, 5.41) is 3.08. The first kappa shape index (κ1) is 16.0. The van der Waals surface area contributed by atoms with E-state index < -0.39 is 10.0 Å². The molecule has 2 heterocycles. The van der Waals surface area contributed by atoms with Crippen LogP contribution in [0, 0.1) is 6.92 Å². The van der Waals surface area contributed by atoms with Crippen molar-refractivity contribution in [3.63, 3.8) is 0 Å². The average molecular weight is 374 g/mol. The summed E-state index contributed by atoms with van der Waals surface area (Å²) in [6, 6.07) is 5.04. The van der Waals surface area contributed by atoms with Crippen LogP contribution in [0.25, 0.3) is 0 Å². The van der Waals surface area contributed by atoms with Gasteiger partial charge in [-0.3, -0.25) is 0 Å². The third kappa shape index (κ3) is 3.63. The fourth-order valence-corrected chi connectivity index (χ4v) is 2.64. The van der Waals surface area contributed by atoms with Crippen LogP contribution in [-0.2, 0) is 16.6 Å². The first-order chi connectivity index (χ1) is 9.80. The third-order valence-corrected chi connectivity index (χ3v) is 5.37. The van der Waals surface area contributed by atoms with Crippen molar-refractivity contribution in [3.05, 3.63) is 40.3 Å². The van der Waals surface area contributed by atoms with Crippen LogP contribution in [-0.4, -0.2) is 31.8 Å². The largest absolute Gasteiger partial charge is 0.446 e. The Morgan fingerprint density at radius 3 is 2.71 bits per heavy atom. The lowest BCUT2D eigenvalue weighted by Gasteiger charge is -2.08. The van der Waals surface area contributed by atoms with E-state index in [0.717, 1.165) is 20.2 Å². The second-order valence-electron chi connectivity index (χ2n) is 4.69. The van der Waals surface area contributed by atoms with Crippen molar-refractivity contribution in [2.24, 2.45) is 0 Å². The van der Waals surface area contributed by atoms with Crippen LogP contribution < -0.4 is 5.32 Å². The lowest BCUT2D eigenvalue weighted by Crippen LogP contribution is -2.21. The van der Waals surface area contributed by atoms with Gasteiger partial charge in [-0.15, -0.1) is 0 Å². The van der Waals surface area contributed by atoms with Crippen LogP contribution in [0.3, 0.4) is 0 Å². The van der Waals surface area contributed by atoms with Gasteiger partial charge in [0.05, 0.1) is 18.4 Å². The number of rotatable bonds is 5. The van der Waals surface area contributed by atoms with Crippen molar-refractivity contribution in [2.45, 2.75) is 18.6 Å². The SMILES string of the molecule is Cc1cc(NCc2ccc(S(=O)(=O)N(C)C)o2)cnc1Br. The molecule has 0 aromatic carbocycles. The Morgan fingerprint density at radius 1 is 1.38 bits per heavy atom. The van der Waals surface area contributed by atoms with E-state index in [1.54, 1.807) is 12.3 Å². The first-order valence-electron chi connectivity index (χ1n) is 6.18. The third-order valence-electron chi connectivity index (χ3n) is 2.85. The molecular weight excluding hydrogens is 358 g/mol. The Balaban J connectivity index is 2.08. The normalized spacial score (nSPS) is 11.9. The van der Waals surface area contributed by atoms with Gasteiger partial charge in [-0.1, -0.05) is 0 Å². The van der Waals surface area contributed by atoms with Crippen molar-refractivity contribution in [3.8, 4) is 0 Å². The maximum atomic E-state index is 11.9. The Labute approximate surface area is 132 Å². The maximum Gasteiger partial charge on any atom is 0.275 e. The monoisotopic (exact) mass is 373 g/mol. The first-order valence-corrected chi connectivity index (χ1v) is 8.41. The van der Waals surface area contributed by atoms with Crippen molar-refractivity contribution >= 4 is 31.6 Å². The van der Waals surface area contributed by atoms with E-state index in [4.69, 9.17) is 4.42 Å². The van der Waals surface area contributed by atoms with Crippen LogP contribution in [0.4, 0.5) is 5.69 Å². The van der Waals surface area contributed by atoms with Gasteiger partial charge in [0.25, 0.3) is 10.0 Å². The lowest BCUT2D eigenvalue weighted by molar-refractivity contribution is 0.402. The summed E-state index contributed by atoms with van der Waals surface area (Å²) >= 11 is 3.34. The fraction of sp³-hybridized carbons (Fsp3) is 0.308. The van der Waals surface area contributed by atoms with Gasteiger partial charge < -0.3 is 9.73 Å². The topological polar surface area (TPSA) is 75.4 Å². The van der Waals surface area contributed by atoms with E-state index in [1.807, 2.05) is 13.0 Å². The highest BCUT2D eigenvalue weighted by Gasteiger charge is 2.21. The van der Waals surface area contributed by atoms with Crippen molar-refractivity contribution in [1.82, 2.24) is 9.29 Å². The van der Waals surface area contributed by atoms with E-state index in [2.05, 4.69) is 26.2 Å². The maximum absolute atomic E-state index is 11.9. The molecule has 1 N–H and O–H groups in total. The Bertz CT molecular complexity index is 741. The number of hydrogen-bond donors (Lipinski definition) is 1.